The second-order valence-electron chi connectivity index (χ2n) is 4.18. The Morgan fingerprint density at radius 1 is 1.33 bits per heavy atom. The SMILES string of the molecule is CS(=O)CCC(NC(=O)Nc1ccc(Cl)c(Cl)c1)C(=O)O. The van der Waals surface area contributed by atoms with Crippen molar-refractivity contribution >= 4 is 51.7 Å². The zero-order chi connectivity index (χ0) is 16.0. The van der Waals surface area contributed by atoms with Crippen LogP contribution in [0.3, 0.4) is 0 Å². The van der Waals surface area contributed by atoms with Crippen LogP contribution < -0.4 is 10.6 Å². The van der Waals surface area contributed by atoms with Crippen LogP contribution >= 0.6 is 23.2 Å². The number of hydrogen-bond acceptors (Lipinski definition) is 3. The standard InChI is InChI=1S/C12H14Cl2N2O4S/c1-21(20)5-4-10(11(17)18)16-12(19)15-7-2-3-8(13)9(14)6-7/h2-3,6,10H,4-5H2,1H3,(H,17,18)(H2,15,16,19). The lowest BCUT2D eigenvalue weighted by Crippen LogP contribution is -2.43. The van der Waals surface area contributed by atoms with Crippen molar-refractivity contribution in [3.05, 3.63) is 28.2 Å². The predicted molar refractivity (Wildman–Crippen MR) is 83.6 cm³/mol. The molecule has 2 amide bonds. The van der Waals surface area contributed by atoms with Crippen molar-refractivity contribution in [2.75, 3.05) is 17.3 Å². The molecule has 0 fully saturated rings. The molecule has 0 aromatic heterocycles. The highest BCUT2D eigenvalue weighted by atomic mass is 35.5. The van der Waals surface area contributed by atoms with Crippen molar-refractivity contribution in [3.8, 4) is 0 Å². The van der Waals surface area contributed by atoms with Gasteiger partial charge in [0.1, 0.15) is 6.04 Å². The van der Waals surface area contributed by atoms with Crippen LogP contribution in [-0.4, -0.2) is 39.4 Å². The summed E-state index contributed by atoms with van der Waals surface area (Å²) in [6.07, 6.45) is 1.54. The van der Waals surface area contributed by atoms with Crippen LogP contribution in [0.2, 0.25) is 10.0 Å². The number of amides is 2. The predicted octanol–water partition coefficient (Wildman–Crippen LogP) is 2.34. The van der Waals surface area contributed by atoms with Crippen LogP contribution in [0.1, 0.15) is 6.42 Å². The van der Waals surface area contributed by atoms with Gasteiger partial charge >= 0.3 is 12.0 Å². The number of rotatable bonds is 6. The van der Waals surface area contributed by atoms with E-state index >= 15 is 0 Å². The normalized spacial score (nSPS) is 13.3. The summed E-state index contributed by atoms with van der Waals surface area (Å²) in [4.78, 5) is 22.7. The van der Waals surface area contributed by atoms with Gasteiger partial charge in [-0.1, -0.05) is 23.2 Å². The maximum absolute atomic E-state index is 11.7. The highest BCUT2D eigenvalue weighted by Crippen LogP contribution is 2.24. The Morgan fingerprint density at radius 2 is 2.00 bits per heavy atom. The Kier molecular flexibility index (Phi) is 6.94. The minimum Gasteiger partial charge on any atom is -0.480 e. The van der Waals surface area contributed by atoms with Gasteiger partial charge < -0.3 is 15.7 Å². The molecule has 21 heavy (non-hydrogen) atoms. The zero-order valence-electron chi connectivity index (χ0n) is 11.1. The number of carbonyl (C=O) groups is 2. The molecule has 2 unspecified atom stereocenters. The molecule has 0 saturated carbocycles. The summed E-state index contributed by atoms with van der Waals surface area (Å²) in [6.45, 7) is 0. The van der Waals surface area contributed by atoms with Crippen molar-refractivity contribution in [1.82, 2.24) is 5.32 Å². The third kappa shape index (κ3) is 6.33. The van der Waals surface area contributed by atoms with Crippen molar-refractivity contribution in [1.29, 1.82) is 0 Å². The van der Waals surface area contributed by atoms with Gasteiger partial charge in [-0.15, -0.1) is 0 Å². The summed E-state index contributed by atoms with van der Waals surface area (Å²) in [6, 6.07) is 2.68. The number of urea groups is 1. The van der Waals surface area contributed by atoms with Gasteiger partial charge in [-0.25, -0.2) is 9.59 Å². The van der Waals surface area contributed by atoms with E-state index in [0.717, 1.165) is 0 Å². The molecule has 0 bridgehead atoms. The summed E-state index contributed by atoms with van der Waals surface area (Å²) in [5.41, 5.74) is 0.380. The third-order valence-corrected chi connectivity index (χ3v) is 4.02. The van der Waals surface area contributed by atoms with Gasteiger partial charge in [0.15, 0.2) is 0 Å². The highest BCUT2D eigenvalue weighted by Gasteiger charge is 2.20. The second-order valence-corrected chi connectivity index (χ2v) is 6.55. The molecule has 0 aliphatic carbocycles. The molecule has 1 aromatic carbocycles. The fourth-order valence-corrected chi connectivity index (χ4v) is 2.31. The van der Waals surface area contributed by atoms with E-state index in [0.29, 0.717) is 10.7 Å². The van der Waals surface area contributed by atoms with Crippen LogP contribution in [0.4, 0.5) is 10.5 Å². The molecule has 0 aliphatic rings. The molecule has 1 aromatic rings. The first-order chi connectivity index (χ1) is 9.79. The number of hydrogen-bond donors (Lipinski definition) is 3. The molecule has 9 heteroatoms. The van der Waals surface area contributed by atoms with E-state index in [4.69, 9.17) is 28.3 Å². The first kappa shape index (κ1) is 17.7. The molecule has 0 heterocycles. The average molecular weight is 353 g/mol. The van der Waals surface area contributed by atoms with E-state index in [-0.39, 0.29) is 17.2 Å². The number of carboxylic acids is 1. The number of carbonyl (C=O) groups excluding carboxylic acids is 1. The van der Waals surface area contributed by atoms with Gasteiger partial charge in [-0.3, -0.25) is 4.21 Å². The summed E-state index contributed by atoms with van der Waals surface area (Å²) in [5, 5.41) is 14.4. The fraction of sp³-hybridized carbons (Fsp3) is 0.333. The fourth-order valence-electron chi connectivity index (χ4n) is 1.44. The van der Waals surface area contributed by atoms with Crippen molar-refractivity contribution in [2.24, 2.45) is 0 Å². The molecule has 2 atom stereocenters. The Balaban J connectivity index is 2.62. The minimum atomic E-state index is -1.19. The van der Waals surface area contributed by atoms with E-state index in [1.165, 1.54) is 24.5 Å². The topological polar surface area (TPSA) is 95.5 Å². The van der Waals surface area contributed by atoms with Gasteiger partial charge in [0.25, 0.3) is 0 Å². The molecule has 6 nitrogen and oxygen atoms in total. The van der Waals surface area contributed by atoms with Crippen molar-refractivity contribution in [2.45, 2.75) is 12.5 Å². The zero-order valence-corrected chi connectivity index (χ0v) is 13.4. The van der Waals surface area contributed by atoms with Crippen LogP contribution in [0.5, 0.6) is 0 Å². The first-order valence-corrected chi connectivity index (χ1v) is 8.33. The Labute approximate surface area is 134 Å². The number of nitrogens with one attached hydrogen (secondary N) is 2. The Morgan fingerprint density at radius 3 is 2.52 bits per heavy atom. The number of aliphatic carboxylic acids is 1. The highest BCUT2D eigenvalue weighted by molar-refractivity contribution is 7.84. The van der Waals surface area contributed by atoms with Crippen LogP contribution in [0, 0.1) is 0 Å². The molecular formula is C12H14Cl2N2O4S. The number of anilines is 1. The Hall–Kier alpha value is -1.31. The lowest BCUT2D eigenvalue weighted by molar-refractivity contribution is -0.139. The van der Waals surface area contributed by atoms with Crippen molar-refractivity contribution < 1.29 is 18.9 Å². The number of carboxylic acid groups (broad SMARTS) is 1. The maximum atomic E-state index is 11.7. The van der Waals surface area contributed by atoms with Gasteiger partial charge in [-0.05, 0) is 24.6 Å². The van der Waals surface area contributed by atoms with E-state index in [1.54, 1.807) is 0 Å². The molecule has 0 spiro atoms. The van der Waals surface area contributed by atoms with E-state index in [9.17, 15) is 13.8 Å². The molecule has 3 N–H and O–H groups in total. The molecule has 116 valence electrons. The summed E-state index contributed by atoms with van der Waals surface area (Å²) >= 11 is 11.6. The largest absolute Gasteiger partial charge is 0.480 e. The maximum Gasteiger partial charge on any atom is 0.326 e. The molecular weight excluding hydrogens is 339 g/mol. The van der Waals surface area contributed by atoms with E-state index in [1.807, 2.05) is 0 Å². The average Bonchev–Trinajstić information content (AvgIpc) is 2.38. The van der Waals surface area contributed by atoms with E-state index < -0.39 is 28.8 Å². The van der Waals surface area contributed by atoms with Gasteiger partial charge in [0.2, 0.25) is 0 Å². The minimum absolute atomic E-state index is 0.0766. The smallest absolute Gasteiger partial charge is 0.326 e. The summed E-state index contributed by atoms with van der Waals surface area (Å²) in [5.74, 6) is -1.01. The van der Waals surface area contributed by atoms with Crippen LogP contribution in [0.25, 0.3) is 0 Å². The van der Waals surface area contributed by atoms with Gasteiger partial charge in [0, 0.05) is 28.5 Å². The van der Waals surface area contributed by atoms with Crippen molar-refractivity contribution in [3.63, 3.8) is 0 Å². The van der Waals surface area contributed by atoms with Gasteiger partial charge in [0.05, 0.1) is 10.0 Å². The summed E-state index contributed by atoms with van der Waals surface area (Å²) < 4.78 is 11.0. The monoisotopic (exact) mass is 352 g/mol. The molecule has 0 saturated heterocycles. The Bertz CT molecular complexity index is 568. The third-order valence-electron chi connectivity index (χ3n) is 2.47. The lowest BCUT2D eigenvalue weighted by Gasteiger charge is -2.14. The second kappa shape index (κ2) is 8.21. The first-order valence-electron chi connectivity index (χ1n) is 5.85. The molecule has 0 aliphatic heterocycles. The van der Waals surface area contributed by atoms with Gasteiger partial charge in [-0.2, -0.15) is 0 Å². The molecule has 0 radical (unpaired) electrons. The van der Waals surface area contributed by atoms with Crippen LogP contribution in [0.15, 0.2) is 18.2 Å². The number of halogens is 2. The van der Waals surface area contributed by atoms with E-state index in [2.05, 4.69) is 10.6 Å². The number of benzene rings is 1. The quantitative estimate of drug-likeness (QED) is 0.731. The van der Waals surface area contributed by atoms with Crippen LogP contribution in [-0.2, 0) is 15.6 Å². The molecule has 1 rings (SSSR count). The lowest BCUT2D eigenvalue weighted by atomic mass is 10.2. The summed E-state index contributed by atoms with van der Waals surface area (Å²) in [7, 11) is -1.13.